The number of fused-ring (bicyclic) bond motifs is 1. The molecule has 1 aromatic carbocycles. The van der Waals surface area contributed by atoms with E-state index in [0.717, 1.165) is 42.6 Å². The zero-order valence-electron chi connectivity index (χ0n) is 14.7. The number of hydrogen-bond donors (Lipinski definition) is 1. The van der Waals surface area contributed by atoms with Gasteiger partial charge in [-0.2, -0.15) is 0 Å². The highest BCUT2D eigenvalue weighted by molar-refractivity contribution is 6.13. The van der Waals surface area contributed by atoms with E-state index in [2.05, 4.69) is 13.0 Å². The molecular formula is C20H29N3O. The second-order valence-corrected chi connectivity index (χ2v) is 7.01. The Hall–Kier alpha value is -1.68. The Balaban J connectivity index is 2.01. The van der Waals surface area contributed by atoms with Crippen molar-refractivity contribution in [2.75, 3.05) is 11.4 Å². The fourth-order valence-electron chi connectivity index (χ4n) is 3.90. The molecule has 1 aromatic rings. The standard InChI is InChI=1S/C20H29N3O/c1-2-3-14-23-17-13-9-8-12-16(17)18(22-19(21)20(23)24)15-10-6-4-5-7-11-15/h8-9,12-13,15,19H,2-7,10-11,14,21H2,1H3. The van der Waals surface area contributed by atoms with Crippen LogP contribution in [0.15, 0.2) is 29.3 Å². The SMILES string of the molecule is CCCCN1C(=O)C(N)N=C(C2CCCCCC2)c2ccccc21. The van der Waals surface area contributed by atoms with Gasteiger partial charge in [-0.3, -0.25) is 9.79 Å². The lowest BCUT2D eigenvalue weighted by atomic mass is 9.89. The first-order valence-electron chi connectivity index (χ1n) is 9.46. The largest absolute Gasteiger partial charge is 0.309 e. The number of carbonyl (C=O) groups is 1. The molecule has 0 saturated heterocycles. The minimum atomic E-state index is -0.771. The van der Waals surface area contributed by atoms with Gasteiger partial charge >= 0.3 is 0 Å². The van der Waals surface area contributed by atoms with Crippen LogP contribution in [-0.2, 0) is 4.79 Å². The highest BCUT2D eigenvalue weighted by Gasteiger charge is 2.31. The molecule has 1 saturated carbocycles. The average Bonchev–Trinajstić information content (AvgIpc) is 2.93. The minimum absolute atomic E-state index is 0.0699. The Kier molecular flexibility index (Phi) is 5.67. The van der Waals surface area contributed by atoms with E-state index < -0.39 is 6.17 Å². The van der Waals surface area contributed by atoms with Crippen LogP contribution >= 0.6 is 0 Å². The number of benzodiazepines with no additional fused rings is 1. The monoisotopic (exact) mass is 327 g/mol. The summed E-state index contributed by atoms with van der Waals surface area (Å²) in [5.41, 5.74) is 9.34. The van der Waals surface area contributed by atoms with Crippen molar-refractivity contribution in [1.29, 1.82) is 0 Å². The van der Waals surface area contributed by atoms with Crippen molar-refractivity contribution in [2.24, 2.45) is 16.6 Å². The van der Waals surface area contributed by atoms with E-state index in [9.17, 15) is 4.79 Å². The minimum Gasteiger partial charge on any atom is -0.309 e. The maximum Gasteiger partial charge on any atom is 0.266 e. The van der Waals surface area contributed by atoms with Gasteiger partial charge in [0.15, 0.2) is 6.17 Å². The van der Waals surface area contributed by atoms with E-state index in [1.54, 1.807) is 0 Å². The highest BCUT2D eigenvalue weighted by Crippen LogP contribution is 2.33. The van der Waals surface area contributed by atoms with Crippen molar-refractivity contribution in [3.8, 4) is 0 Å². The number of aliphatic imine (C=N–C) groups is 1. The third-order valence-electron chi connectivity index (χ3n) is 5.25. The first-order valence-corrected chi connectivity index (χ1v) is 9.46. The van der Waals surface area contributed by atoms with Crippen LogP contribution in [0.25, 0.3) is 0 Å². The van der Waals surface area contributed by atoms with Crippen LogP contribution in [0, 0.1) is 5.92 Å². The summed E-state index contributed by atoms with van der Waals surface area (Å²) in [6, 6.07) is 8.22. The van der Waals surface area contributed by atoms with Gasteiger partial charge in [0.05, 0.1) is 5.69 Å². The zero-order chi connectivity index (χ0) is 16.9. The molecule has 2 N–H and O–H groups in total. The molecule has 24 heavy (non-hydrogen) atoms. The topological polar surface area (TPSA) is 58.7 Å². The molecule has 2 aliphatic rings. The Morgan fingerprint density at radius 3 is 2.58 bits per heavy atom. The van der Waals surface area contributed by atoms with Crippen molar-refractivity contribution >= 4 is 17.3 Å². The Bertz CT molecular complexity index is 603. The van der Waals surface area contributed by atoms with Crippen LogP contribution in [-0.4, -0.2) is 24.3 Å². The summed E-state index contributed by atoms with van der Waals surface area (Å²) < 4.78 is 0. The lowest BCUT2D eigenvalue weighted by molar-refractivity contribution is -0.119. The number of nitrogens with two attached hydrogens (primary N) is 1. The molecule has 1 unspecified atom stereocenters. The molecule has 0 aromatic heterocycles. The first-order chi connectivity index (χ1) is 11.7. The highest BCUT2D eigenvalue weighted by atomic mass is 16.2. The number of nitrogens with zero attached hydrogens (tertiary/aromatic N) is 2. The second-order valence-electron chi connectivity index (χ2n) is 7.01. The van der Waals surface area contributed by atoms with Crippen molar-refractivity contribution < 1.29 is 4.79 Å². The van der Waals surface area contributed by atoms with E-state index in [0.29, 0.717) is 12.5 Å². The van der Waals surface area contributed by atoms with E-state index >= 15 is 0 Å². The molecular weight excluding hydrogens is 298 g/mol. The lowest BCUT2D eigenvalue weighted by Crippen LogP contribution is -2.42. The Morgan fingerprint density at radius 1 is 1.17 bits per heavy atom. The summed E-state index contributed by atoms with van der Waals surface area (Å²) in [5.74, 6) is 0.359. The first kappa shape index (κ1) is 17.2. The maximum absolute atomic E-state index is 12.8. The molecule has 1 amide bonds. The van der Waals surface area contributed by atoms with Crippen LogP contribution in [0.2, 0.25) is 0 Å². The van der Waals surface area contributed by atoms with Crippen molar-refractivity contribution in [3.05, 3.63) is 29.8 Å². The van der Waals surface area contributed by atoms with Crippen LogP contribution in [0.3, 0.4) is 0 Å². The van der Waals surface area contributed by atoms with Gasteiger partial charge in [0.25, 0.3) is 5.91 Å². The van der Waals surface area contributed by atoms with Gasteiger partial charge < -0.3 is 10.6 Å². The van der Waals surface area contributed by atoms with Gasteiger partial charge in [0.2, 0.25) is 0 Å². The third-order valence-corrected chi connectivity index (χ3v) is 5.25. The number of benzene rings is 1. The molecule has 1 fully saturated rings. The number of unbranched alkanes of at least 4 members (excludes halogenated alkanes) is 1. The van der Waals surface area contributed by atoms with E-state index in [1.165, 1.54) is 25.7 Å². The second kappa shape index (κ2) is 7.93. The molecule has 1 aliphatic carbocycles. The van der Waals surface area contributed by atoms with Gasteiger partial charge in [0.1, 0.15) is 0 Å². The van der Waals surface area contributed by atoms with Gasteiger partial charge in [-0.15, -0.1) is 0 Å². The summed E-state index contributed by atoms with van der Waals surface area (Å²) in [7, 11) is 0. The van der Waals surface area contributed by atoms with Crippen molar-refractivity contribution in [1.82, 2.24) is 0 Å². The summed E-state index contributed by atoms with van der Waals surface area (Å²) in [4.78, 5) is 19.4. The summed E-state index contributed by atoms with van der Waals surface area (Å²) in [6.07, 6.45) is 8.67. The average molecular weight is 327 g/mol. The zero-order valence-corrected chi connectivity index (χ0v) is 14.7. The normalized spacial score (nSPS) is 22.6. The summed E-state index contributed by atoms with van der Waals surface area (Å²) >= 11 is 0. The van der Waals surface area contributed by atoms with Gasteiger partial charge in [-0.05, 0) is 25.3 Å². The van der Waals surface area contributed by atoms with Crippen molar-refractivity contribution in [2.45, 2.75) is 64.5 Å². The number of para-hydroxylation sites is 1. The third kappa shape index (κ3) is 3.54. The van der Waals surface area contributed by atoms with E-state index in [-0.39, 0.29) is 5.91 Å². The molecule has 0 spiro atoms. The molecule has 4 nitrogen and oxygen atoms in total. The van der Waals surface area contributed by atoms with Gasteiger partial charge in [-0.25, -0.2) is 0 Å². The molecule has 130 valence electrons. The van der Waals surface area contributed by atoms with E-state index in [4.69, 9.17) is 10.7 Å². The molecule has 0 bridgehead atoms. The smallest absolute Gasteiger partial charge is 0.266 e. The fourth-order valence-corrected chi connectivity index (χ4v) is 3.90. The summed E-state index contributed by atoms with van der Waals surface area (Å²) in [5, 5.41) is 0. The number of amides is 1. The van der Waals surface area contributed by atoms with Crippen LogP contribution < -0.4 is 10.6 Å². The maximum atomic E-state index is 12.8. The Morgan fingerprint density at radius 2 is 1.88 bits per heavy atom. The molecule has 4 heteroatoms. The van der Waals surface area contributed by atoms with Crippen LogP contribution in [0.4, 0.5) is 5.69 Å². The van der Waals surface area contributed by atoms with Gasteiger partial charge in [0, 0.05) is 23.7 Å². The van der Waals surface area contributed by atoms with Crippen LogP contribution in [0.1, 0.15) is 63.9 Å². The van der Waals surface area contributed by atoms with Crippen molar-refractivity contribution in [3.63, 3.8) is 0 Å². The molecule has 1 aliphatic heterocycles. The fraction of sp³-hybridized carbons (Fsp3) is 0.600. The lowest BCUT2D eigenvalue weighted by Gasteiger charge is -2.24. The molecule has 1 heterocycles. The quantitative estimate of drug-likeness (QED) is 0.853. The summed E-state index contributed by atoms with van der Waals surface area (Å²) in [6.45, 7) is 2.86. The molecule has 1 atom stereocenters. The van der Waals surface area contributed by atoms with Gasteiger partial charge in [-0.1, -0.05) is 57.2 Å². The predicted octanol–water partition coefficient (Wildman–Crippen LogP) is 3.88. The number of rotatable bonds is 4. The van der Waals surface area contributed by atoms with Crippen LogP contribution in [0.5, 0.6) is 0 Å². The number of carbonyl (C=O) groups excluding carboxylic acids is 1. The Labute approximate surface area is 145 Å². The molecule has 0 radical (unpaired) electrons. The predicted molar refractivity (Wildman–Crippen MR) is 99.4 cm³/mol. The molecule has 3 rings (SSSR count). The van der Waals surface area contributed by atoms with E-state index in [1.807, 2.05) is 23.1 Å². The number of anilines is 1. The number of hydrogen-bond acceptors (Lipinski definition) is 3.